The summed E-state index contributed by atoms with van der Waals surface area (Å²) in [6.07, 6.45) is 4.14. The average molecular weight is 269 g/mol. The third-order valence-corrected chi connectivity index (χ3v) is 3.52. The summed E-state index contributed by atoms with van der Waals surface area (Å²) in [5.41, 5.74) is -0.477. The second-order valence-corrected chi connectivity index (χ2v) is 6.47. The summed E-state index contributed by atoms with van der Waals surface area (Å²) < 4.78 is 5.22. The minimum absolute atomic E-state index is 0.272. The average Bonchev–Trinajstić information content (AvgIpc) is 2.27. The van der Waals surface area contributed by atoms with E-state index in [0.29, 0.717) is 31.1 Å². The summed E-state index contributed by atoms with van der Waals surface area (Å²) in [6.45, 7) is 8.24. The van der Waals surface area contributed by atoms with E-state index in [1.54, 1.807) is 0 Å². The van der Waals surface area contributed by atoms with Crippen molar-refractivity contribution in [1.82, 2.24) is 5.32 Å². The zero-order valence-corrected chi connectivity index (χ0v) is 12.6. The van der Waals surface area contributed by atoms with Crippen molar-refractivity contribution in [1.29, 1.82) is 0 Å². The molecular weight excluding hydrogens is 242 g/mol. The summed E-state index contributed by atoms with van der Waals surface area (Å²) in [5.74, 6) is 1.15. The molecule has 19 heavy (non-hydrogen) atoms. The van der Waals surface area contributed by atoms with Crippen molar-refractivity contribution < 1.29 is 14.3 Å². The van der Waals surface area contributed by atoms with Crippen molar-refractivity contribution in [2.24, 2.45) is 11.8 Å². The number of carbonyl (C=O) groups excluding carboxylic acids is 2. The topological polar surface area (TPSA) is 55.4 Å². The number of hydrogen-bond acceptors (Lipinski definition) is 3. The number of nitrogens with one attached hydrogen (secondary N) is 1. The lowest BCUT2D eigenvalue weighted by Crippen LogP contribution is -2.39. The van der Waals surface area contributed by atoms with Gasteiger partial charge in [-0.3, -0.25) is 4.79 Å². The van der Waals surface area contributed by atoms with Gasteiger partial charge in [0.05, 0.1) is 0 Å². The monoisotopic (exact) mass is 269 g/mol. The van der Waals surface area contributed by atoms with Gasteiger partial charge in [-0.2, -0.15) is 0 Å². The Morgan fingerprint density at radius 3 is 2.63 bits per heavy atom. The SMILES string of the molecule is CCCC1CCC(=O)CC1CNC(=O)OC(C)(C)C. The third-order valence-electron chi connectivity index (χ3n) is 3.52. The highest BCUT2D eigenvalue weighted by Crippen LogP contribution is 2.31. The number of ketones is 1. The fraction of sp³-hybridized carbons (Fsp3) is 0.867. The summed E-state index contributed by atoms with van der Waals surface area (Å²) in [7, 11) is 0. The van der Waals surface area contributed by atoms with E-state index >= 15 is 0 Å². The third kappa shape index (κ3) is 6.08. The molecule has 0 bridgehead atoms. The van der Waals surface area contributed by atoms with Crippen LogP contribution >= 0.6 is 0 Å². The molecule has 4 nitrogen and oxygen atoms in total. The molecule has 1 rings (SSSR count). The molecule has 1 aliphatic rings. The molecule has 0 spiro atoms. The highest BCUT2D eigenvalue weighted by molar-refractivity contribution is 5.79. The second-order valence-electron chi connectivity index (χ2n) is 6.47. The van der Waals surface area contributed by atoms with Crippen LogP contribution in [0.4, 0.5) is 4.79 Å². The van der Waals surface area contributed by atoms with Crippen LogP contribution in [-0.2, 0) is 9.53 Å². The molecular formula is C15H27NO3. The molecule has 2 atom stereocenters. The molecule has 110 valence electrons. The maximum absolute atomic E-state index is 11.6. The number of rotatable bonds is 4. The molecule has 0 heterocycles. The molecule has 0 saturated heterocycles. The van der Waals surface area contributed by atoms with E-state index in [1.807, 2.05) is 20.8 Å². The van der Waals surface area contributed by atoms with Gasteiger partial charge in [-0.25, -0.2) is 4.79 Å². The van der Waals surface area contributed by atoms with E-state index in [4.69, 9.17) is 4.74 Å². The zero-order valence-electron chi connectivity index (χ0n) is 12.6. The van der Waals surface area contributed by atoms with Gasteiger partial charge >= 0.3 is 6.09 Å². The molecule has 1 N–H and O–H groups in total. The molecule has 0 aromatic rings. The summed E-state index contributed by atoms with van der Waals surface area (Å²) in [4.78, 5) is 23.2. The second kappa shape index (κ2) is 6.92. The van der Waals surface area contributed by atoms with Gasteiger partial charge in [0.15, 0.2) is 0 Å². The van der Waals surface area contributed by atoms with Crippen molar-refractivity contribution in [3.8, 4) is 0 Å². The van der Waals surface area contributed by atoms with Crippen LogP contribution in [0.2, 0.25) is 0 Å². The van der Waals surface area contributed by atoms with E-state index in [-0.39, 0.29) is 12.0 Å². The van der Waals surface area contributed by atoms with Crippen molar-refractivity contribution in [3.05, 3.63) is 0 Å². The van der Waals surface area contributed by atoms with Crippen LogP contribution in [-0.4, -0.2) is 24.0 Å². The molecule has 4 heteroatoms. The molecule has 1 fully saturated rings. The van der Waals surface area contributed by atoms with Crippen LogP contribution in [0.1, 0.15) is 59.8 Å². The van der Waals surface area contributed by atoms with E-state index in [9.17, 15) is 9.59 Å². The van der Waals surface area contributed by atoms with Gasteiger partial charge in [0.1, 0.15) is 11.4 Å². The summed E-state index contributed by atoms with van der Waals surface area (Å²) >= 11 is 0. The number of Topliss-reactive ketones (excluding diaryl/α,β-unsaturated/α-hetero) is 1. The van der Waals surface area contributed by atoms with Crippen LogP contribution in [0, 0.1) is 11.8 Å². The Hall–Kier alpha value is -1.06. The quantitative estimate of drug-likeness (QED) is 0.852. The van der Waals surface area contributed by atoms with E-state index in [1.165, 1.54) is 0 Å². The first-order chi connectivity index (χ1) is 8.81. The van der Waals surface area contributed by atoms with Gasteiger partial charge in [-0.1, -0.05) is 19.8 Å². The van der Waals surface area contributed by atoms with Crippen LogP contribution in [0.5, 0.6) is 0 Å². The molecule has 0 aliphatic heterocycles. The summed E-state index contributed by atoms with van der Waals surface area (Å²) in [5, 5.41) is 2.80. The number of alkyl carbamates (subject to hydrolysis) is 1. The van der Waals surface area contributed by atoms with Crippen molar-refractivity contribution >= 4 is 11.9 Å². The van der Waals surface area contributed by atoms with Gasteiger partial charge in [0, 0.05) is 19.4 Å². The van der Waals surface area contributed by atoms with Crippen molar-refractivity contribution in [3.63, 3.8) is 0 Å². The lowest BCUT2D eigenvalue weighted by Gasteiger charge is -2.31. The Morgan fingerprint density at radius 2 is 2.05 bits per heavy atom. The van der Waals surface area contributed by atoms with Gasteiger partial charge in [-0.05, 0) is 39.0 Å². The molecule has 1 saturated carbocycles. The van der Waals surface area contributed by atoms with E-state index in [2.05, 4.69) is 12.2 Å². The number of amides is 1. The van der Waals surface area contributed by atoms with Gasteiger partial charge in [0.2, 0.25) is 0 Å². The Labute approximate surface area is 116 Å². The highest BCUT2D eigenvalue weighted by atomic mass is 16.6. The van der Waals surface area contributed by atoms with Crippen LogP contribution in [0.3, 0.4) is 0 Å². The molecule has 0 radical (unpaired) electrons. The Bertz CT molecular complexity index is 320. The number of ether oxygens (including phenoxy) is 1. The zero-order chi connectivity index (χ0) is 14.5. The molecule has 0 aromatic heterocycles. The number of hydrogen-bond donors (Lipinski definition) is 1. The summed E-state index contributed by atoms with van der Waals surface area (Å²) in [6, 6.07) is 0. The van der Waals surface area contributed by atoms with Crippen molar-refractivity contribution in [2.75, 3.05) is 6.54 Å². The van der Waals surface area contributed by atoms with E-state index < -0.39 is 5.60 Å². The minimum Gasteiger partial charge on any atom is -0.444 e. The normalized spacial score (nSPS) is 24.1. The van der Waals surface area contributed by atoms with Gasteiger partial charge in [0.25, 0.3) is 0 Å². The highest BCUT2D eigenvalue weighted by Gasteiger charge is 2.29. The van der Waals surface area contributed by atoms with Crippen LogP contribution in [0.15, 0.2) is 0 Å². The van der Waals surface area contributed by atoms with E-state index in [0.717, 1.165) is 19.3 Å². The molecule has 0 aromatic carbocycles. The predicted molar refractivity (Wildman–Crippen MR) is 75.0 cm³/mol. The number of carbonyl (C=O) groups is 2. The van der Waals surface area contributed by atoms with Crippen LogP contribution < -0.4 is 5.32 Å². The molecule has 2 unspecified atom stereocenters. The largest absolute Gasteiger partial charge is 0.444 e. The first kappa shape index (κ1) is 16.0. The lowest BCUT2D eigenvalue weighted by atomic mass is 9.76. The van der Waals surface area contributed by atoms with Crippen LogP contribution in [0.25, 0.3) is 0 Å². The minimum atomic E-state index is -0.477. The Balaban J connectivity index is 2.43. The first-order valence-electron chi connectivity index (χ1n) is 7.30. The van der Waals surface area contributed by atoms with Gasteiger partial charge in [-0.15, -0.1) is 0 Å². The standard InChI is InChI=1S/C15H27NO3/c1-5-6-11-7-8-13(17)9-12(11)10-16-14(18)19-15(2,3)4/h11-12H,5-10H2,1-4H3,(H,16,18). The Kier molecular flexibility index (Phi) is 5.83. The lowest BCUT2D eigenvalue weighted by molar-refractivity contribution is -0.122. The van der Waals surface area contributed by atoms with Gasteiger partial charge < -0.3 is 10.1 Å². The van der Waals surface area contributed by atoms with Crippen molar-refractivity contribution in [2.45, 2.75) is 65.4 Å². The molecule has 1 amide bonds. The maximum Gasteiger partial charge on any atom is 0.407 e. The fourth-order valence-electron chi connectivity index (χ4n) is 2.66. The maximum atomic E-state index is 11.6. The first-order valence-corrected chi connectivity index (χ1v) is 7.30. The molecule has 1 aliphatic carbocycles. The smallest absolute Gasteiger partial charge is 0.407 e. The predicted octanol–water partition coefficient (Wildman–Crippen LogP) is 3.30. The fourth-order valence-corrected chi connectivity index (χ4v) is 2.66. The Morgan fingerprint density at radius 1 is 1.37 bits per heavy atom.